The Morgan fingerprint density at radius 1 is 1.18 bits per heavy atom. The van der Waals surface area contributed by atoms with Crippen LogP contribution in [-0.2, 0) is 9.53 Å². The number of hydrogen-bond donors (Lipinski definition) is 1. The van der Waals surface area contributed by atoms with Gasteiger partial charge in [0.25, 0.3) is 0 Å². The molecule has 28 heavy (non-hydrogen) atoms. The molecule has 7 heteroatoms. The van der Waals surface area contributed by atoms with Crippen LogP contribution in [0, 0.1) is 5.92 Å². The van der Waals surface area contributed by atoms with Crippen LogP contribution in [0.25, 0.3) is 21.9 Å². The van der Waals surface area contributed by atoms with E-state index in [1.165, 1.54) is 26.2 Å². The van der Waals surface area contributed by atoms with E-state index in [2.05, 4.69) is 0 Å². The van der Waals surface area contributed by atoms with Crippen LogP contribution in [-0.4, -0.2) is 29.4 Å². The molecule has 2 aromatic heterocycles. The van der Waals surface area contributed by atoms with E-state index in [1.54, 1.807) is 12.1 Å². The number of fused-ring (bicyclic) bond motifs is 2. The van der Waals surface area contributed by atoms with Gasteiger partial charge in [-0.1, -0.05) is 13.8 Å². The number of hydrogen-bond acceptors (Lipinski definition) is 7. The van der Waals surface area contributed by atoms with Crippen molar-refractivity contribution in [1.29, 1.82) is 0 Å². The third-order valence-corrected chi connectivity index (χ3v) is 4.30. The number of furan rings is 1. The van der Waals surface area contributed by atoms with Crippen molar-refractivity contribution in [1.82, 2.24) is 0 Å². The van der Waals surface area contributed by atoms with E-state index in [1.807, 2.05) is 19.9 Å². The first-order chi connectivity index (χ1) is 13.1. The maximum Gasteiger partial charge on any atom is 0.336 e. The van der Waals surface area contributed by atoms with E-state index < -0.39 is 23.3 Å². The standard InChI is InChI=1S/C21H24O7/c1-12(2)9-17(23)27-15(21(3,4)24)11-26-20-18-14(7-8-25-18)10-13-5-6-16(22)28-19(13)20/h5-8,10,12,15,24H,9,11H2,1-4H3. The van der Waals surface area contributed by atoms with Gasteiger partial charge in [0.15, 0.2) is 17.3 Å². The Kier molecular flexibility index (Phi) is 5.47. The summed E-state index contributed by atoms with van der Waals surface area (Å²) in [6.45, 7) is 6.75. The van der Waals surface area contributed by atoms with Crippen LogP contribution >= 0.6 is 0 Å². The van der Waals surface area contributed by atoms with Gasteiger partial charge in [0.2, 0.25) is 5.75 Å². The smallest absolute Gasteiger partial charge is 0.336 e. The van der Waals surface area contributed by atoms with Crippen molar-refractivity contribution in [3.05, 3.63) is 40.9 Å². The predicted molar refractivity (Wildman–Crippen MR) is 103 cm³/mol. The summed E-state index contributed by atoms with van der Waals surface area (Å²) in [5, 5.41) is 11.9. The van der Waals surface area contributed by atoms with Crippen LogP contribution in [0.2, 0.25) is 0 Å². The summed E-state index contributed by atoms with van der Waals surface area (Å²) in [6, 6.07) is 6.55. The van der Waals surface area contributed by atoms with Gasteiger partial charge in [-0.25, -0.2) is 4.79 Å². The number of carbonyl (C=O) groups is 1. The minimum absolute atomic E-state index is 0.131. The summed E-state index contributed by atoms with van der Waals surface area (Å²) >= 11 is 0. The Labute approximate surface area is 161 Å². The molecule has 1 unspecified atom stereocenters. The Morgan fingerprint density at radius 3 is 2.57 bits per heavy atom. The Hall–Kier alpha value is -2.80. The van der Waals surface area contributed by atoms with Gasteiger partial charge in [0.05, 0.1) is 11.9 Å². The zero-order valence-electron chi connectivity index (χ0n) is 16.4. The normalized spacial score (nSPS) is 13.2. The number of benzene rings is 1. The van der Waals surface area contributed by atoms with Gasteiger partial charge in [0.1, 0.15) is 6.61 Å². The molecule has 0 aliphatic rings. The lowest BCUT2D eigenvalue weighted by Gasteiger charge is -2.29. The first kappa shape index (κ1) is 19.9. The fraction of sp³-hybridized carbons (Fsp3) is 0.429. The molecule has 150 valence electrons. The van der Waals surface area contributed by atoms with Crippen molar-refractivity contribution in [2.24, 2.45) is 5.92 Å². The maximum absolute atomic E-state index is 12.1. The third kappa shape index (κ3) is 4.36. The summed E-state index contributed by atoms with van der Waals surface area (Å²) in [7, 11) is 0. The van der Waals surface area contributed by atoms with Gasteiger partial charge in [-0.3, -0.25) is 4.79 Å². The van der Waals surface area contributed by atoms with Crippen LogP contribution in [0.3, 0.4) is 0 Å². The van der Waals surface area contributed by atoms with Gasteiger partial charge in [-0.05, 0) is 38.0 Å². The molecule has 0 aliphatic heterocycles. The molecule has 1 atom stereocenters. The molecular formula is C21H24O7. The highest BCUT2D eigenvalue weighted by Gasteiger charge is 2.32. The van der Waals surface area contributed by atoms with Crippen molar-refractivity contribution in [3.8, 4) is 5.75 Å². The molecule has 0 saturated heterocycles. The average Bonchev–Trinajstić information content (AvgIpc) is 3.04. The van der Waals surface area contributed by atoms with Crippen molar-refractivity contribution >= 4 is 27.9 Å². The Bertz CT molecular complexity index is 1040. The second-order valence-corrected chi connectivity index (χ2v) is 7.76. The molecule has 0 radical (unpaired) electrons. The number of rotatable bonds is 7. The van der Waals surface area contributed by atoms with Crippen LogP contribution in [0.15, 0.2) is 44.2 Å². The Balaban J connectivity index is 1.93. The SMILES string of the molecule is CC(C)CC(=O)OC(COc1c2occc2cc2ccc(=O)oc12)C(C)(C)O. The Morgan fingerprint density at radius 2 is 1.89 bits per heavy atom. The monoisotopic (exact) mass is 388 g/mol. The number of carbonyl (C=O) groups excluding carboxylic acids is 1. The van der Waals surface area contributed by atoms with Crippen LogP contribution in [0.1, 0.15) is 34.1 Å². The van der Waals surface area contributed by atoms with E-state index in [0.717, 1.165) is 5.39 Å². The fourth-order valence-electron chi connectivity index (χ4n) is 2.82. The number of aliphatic hydroxyl groups is 1. The van der Waals surface area contributed by atoms with Gasteiger partial charge < -0.3 is 23.4 Å². The highest BCUT2D eigenvalue weighted by atomic mass is 16.6. The lowest BCUT2D eigenvalue weighted by Crippen LogP contribution is -2.44. The summed E-state index contributed by atoms with van der Waals surface area (Å²) in [5.41, 5.74) is -1.21. The number of esters is 1. The van der Waals surface area contributed by atoms with Crippen molar-refractivity contribution in [3.63, 3.8) is 0 Å². The van der Waals surface area contributed by atoms with Gasteiger partial charge in [-0.15, -0.1) is 0 Å². The topological polar surface area (TPSA) is 99.1 Å². The molecule has 0 spiro atoms. The van der Waals surface area contributed by atoms with E-state index in [4.69, 9.17) is 18.3 Å². The molecular weight excluding hydrogens is 364 g/mol. The molecule has 0 bridgehead atoms. The van der Waals surface area contributed by atoms with Crippen LogP contribution in [0.5, 0.6) is 5.75 Å². The molecule has 7 nitrogen and oxygen atoms in total. The minimum Gasteiger partial charge on any atom is -0.482 e. The van der Waals surface area contributed by atoms with Crippen LogP contribution in [0.4, 0.5) is 0 Å². The van der Waals surface area contributed by atoms with E-state index in [0.29, 0.717) is 11.0 Å². The van der Waals surface area contributed by atoms with Crippen molar-refractivity contribution in [2.75, 3.05) is 6.61 Å². The third-order valence-electron chi connectivity index (χ3n) is 4.30. The summed E-state index contributed by atoms with van der Waals surface area (Å²) in [5.74, 6) is -0.0614. The fourth-order valence-corrected chi connectivity index (χ4v) is 2.82. The molecule has 0 saturated carbocycles. The first-order valence-electron chi connectivity index (χ1n) is 9.14. The van der Waals surface area contributed by atoms with Crippen molar-refractivity contribution in [2.45, 2.75) is 45.8 Å². The number of ether oxygens (including phenoxy) is 2. The van der Waals surface area contributed by atoms with E-state index in [9.17, 15) is 14.7 Å². The molecule has 3 rings (SSSR count). The summed E-state index contributed by atoms with van der Waals surface area (Å²) in [4.78, 5) is 23.8. The molecule has 0 fully saturated rings. The lowest BCUT2D eigenvalue weighted by atomic mass is 10.0. The zero-order valence-corrected chi connectivity index (χ0v) is 16.4. The second kappa shape index (κ2) is 7.67. The minimum atomic E-state index is -1.33. The van der Waals surface area contributed by atoms with Crippen molar-refractivity contribution < 1.29 is 28.2 Å². The molecule has 2 heterocycles. The molecule has 1 N–H and O–H groups in total. The average molecular weight is 388 g/mol. The largest absolute Gasteiger partial charge is 0.482 e. The highest BCUT2D eigenvalue weighted by molar-refractivity contribution is 5.99. The zero-order chi connectivity index (χ0) is 20.5. The first-order valence-corrected chi connectivity index (χ1v) is 9.14. The quantitative estimate of drug-likeness (QED) is 0.487. The maximum atomic E-state index is 12.1. The highest BCUT2D eigenvalue weighted by Crippen LogP contribution is 2.35. The molecule has 3 aromatic rings. The second-order valence-electron chi connectivity index (χ2n) is 7.76. The molecule has 0 aliphatic carbocycles. The van der Waals surface area contributed by atoms with E-state index in [-0.39, 0.29) is 30.3 Å². The van der Waals surface area contributed by atoms with Gasteiger partial charge >= 0.3 is 11.6 Å². The molecule has 1 aromatic carbocycles. The van der Waals surface area contributed by atoms with Gasteiger partial charge in [0, 0.05) is 23.3 Å². The summed E-state index contributed by atoms with van der Waals surface area (Å²) < 4.78 is 22.1. The van der Waals surface area contributed by atoms with Gasteiger partial charge in [-0.2, -0.15) is 0 Å². The summed E-state index contributed by atoms with van der Waals surface area (Å²) in [6.07, 6.45) is 0.817. The van der Waals surface area contributed by atoms with E-state index >= 15 is 0 Å². The lowest BCUT2D eigenvalue weighted by molar-refractivity contribution is -0.166. The van der Waals surface area contributed by atoms with Crippen LogP contribution < -0.4 is 10.4 Å². The predicted octanol–water partition coefficient (Wildman–Crippen LogP) is 3.65. The molecule has 0 amide bonds.